The van der Waals surface area contributed by atoms with E-state index in [1.54, 1.807) is 0 Å². The molecule has 3 aromatic rings. The lowest BCUT2D eigenvalue weighted by atomic mass is 9.92. The molecule has 0 fully saturated rings. The van der Waals surface area contributed by atoms with E-state index in [1.807, 2.05) is 0 Å². The third kappa shape index (κ3) is 7.13. The Morgan fingerprint density at radius 2 is 1.11 bits per heavy atom. The molecule has 0 N–H and O–H groups in total. The lowest BCUT2D eigenvalue weighted by molar-refractivity contribution is 0.644. The van der Waals surface area contributed by atoms with Crippen LogP contribution in [-0.4, -0.2) is 0 Å². The van der Waals surface area contributed by atoms with Gasteiger partial charge in [0.2, 0.25) is 0 Å². The summed E-state index contributed by atoms with van der Waals surface area (Å²) >= 11 is 0. The molecule has 0 heteroatoms. The maximum Gasteiger partial charge on any atom is -0.00766 e. The fourth-order valence-corrected chi connectivity index (χ4v) is 3.36. The third-order valence-corrected chi connectivity index (χ3v) is 4.79. The molecule has 0 aromatic heterocycles. The van der Waals surface area contributed by atoms with Crippen LogP contribution in [0.1, 0.15) is 29.5 Å². The molecule has 3 rings (SSSR count). The minimum atomic E-state index is 0.472. The van der Waals surface area contributed by atoms with E-state index in [0.717, 1.165) is 25.7 Å². The highest BCUT2D eigenvalue weighted by atomic mass is 14.1. The van der Waals surface area contributed by atoms with Crippen molar-refractivity contribution in [1.29, 1.82) is 0 Å². The average Bonchev–Trinajstić information content (AvgIpc) is 2.73. The van der Waals surface area contributed by atoms with Crippen molar-refractivity contribution in [3.8, 4) is 0 Å². The van der Waals surface area contributed by atoms with Gasteiger partial charge in [-0.1, -0.05) is 91.0 Å². The van der Waals surface area contributed by atoms with Crippen molar-refractivity contribution in [3.05, 3.63) is 126 Å². The van der Waals surface area contributed by atoms with Gasteiger partial charge in [0.05, 0.1) is 0 Å². The van der Waals surface area contributed by atoms with Gasteiger partial charge in [-0.2, -0.15) is 0 Å². The van der Waals surface area contributed by atoms with Crippen molar-refractivity contribution in [3.63, 3.8) is 0 Å². The van der Waals surface area contributed by atoms with Crippen LogP contribution in [0.3, 0.4) is 0 Å². The van der Waals surface area contributed by atoms with E-state index < -0.39 is 0 Å². The molecule has 0 atom stereocenters. The highest BCUT2D eigenvalue weighted by molar-refractivity contribution is 5.20. The zero-order valence-corrected chi connectivity index (χ0v) is 15.9. The number of unbranched alkanes of at least 4 members (excludes halogenated alkanes) is 1. The molecular weight excluding hydrogens is 324 g/mol. The van der Waals surface area contributed by atoms with Crippen molar-refractivity contribution >= 4 is 0 Å². The molecule has 0 heterocycles. The Balaban J connectivity index is 1.57. The maximum atomic E-state index is 3.46. The van der Waals surface area contributed by atoms with Crippen molar-refractivity contribution in [2.45, 2.75) is 32.1 Å². The fourth-order valence-electron chi connectivity index (χ4n) is 3.36. The topological polar surface area (TPSA) is 0 Å². The fraction of sp³-hybridized carbons (Fsp3) is 0.222. The second-order valence-corrected chi connectivity index (χ2v) is 7.05. The minimum Gasteiger partial charge on any atom is -0.129 e. The van der Waals surface area contributed by atoms with Crippen LogP contribution in [0, 0.1) is 5.92 Å². The zero-order valence-electron chi connectivity index (χ0n) is 15.9. The molecule has 0 radical (unpaired) electrons. The van der Waals surface area contributed by atoms with E-state index in [9.17, 15) is 0 Å². The molecule has 0 unspecified atom stereocenters. The normalized spacial score (nSPS) is 10.4. The molecule has 0 aliphatic heterocycles. The van der Waals surface area contributed by atoms with Crippen molar-refractivity contribution in [2.75, 3.05) is 0 Å². The number of allylic oxidation sites excluding steroid dienone is 1. The Morgan fingerprint density at radius 1 is 0.630 bits per heavy atom. The molecule has 0 bridgehead atoms. The van der Waals surface area contributed by atoms with Gasteiger partial charge in [-0.25, -0.2) is 0 Å². The van der Waals surface area contributed by atoms with E-state index in [-0.39, 0.29) is 0 Å². The highest BCUT2D eigenvalue weighted by Gasteiger charge is 2.07. The van der Waals surface area contributed by atoms with Crippen LogP contribution in [0.25, 0.3) is 0 Å². The summed E-state index contributed by atoms with van der Waals surface area (Å²) < 4.78 is 0. The first-order valence-corrected chi connectivity index (χ1v) is 9.93. The second kappa shape index (κ2) is 11.0. The van der Waals surface area contributed by atoms with Gasteiger partial charge in [-0.15, -0.1) is 5.73 Å². The molecule has 0 spiro atoms. The Morgan fingerprint density at radius 3 is 1.63 bits per heavy atom. The molecule has 136 valence electrons. The van der Waals surface area contributed by atoms with Gasteiger partial charge in [-0.3, -0.25) is 0 Å². The van der Waals surface area contributed by atoms with Gasteiger partial charge in [0, 0.05) is 0 Å². The lowest BCUT2D eigenvalue weighted by Crippen LogP contribution is -2.05. The quantitative estimate of drug-likeness (QED) is 0.293. The second-order valence-electron chi connectivity index (χ2n) is 7.05. The minimum absolute atomic E-state index is 0.472. The van der Waals surface area contributed by atoms with Crippen LogP contribution < -0.4 is 0 Å². The van der Waals surface area contributed by atoms with Crippen LogP contribution in [0.4, 0.5) is 0 Å². The Hall–Kier alpha value is -2.82. The summed E-state index contributed by atoms with van der Waals surface area (Å²) in [6.07, 6.45) is 9.97. The van der Waals surface area contributed by atoms with Gasteiger partial charge in [0.25, 0.3) is 0 Å². The summed E-state index contributed by atoms with van der Waals surface area (Å²) in [7, 11) is 0. The molecule has 3 aromatic carbocycles. The predicted octanol–water partition coefficient (Wildman–Crippen LogP) is 6.82. The van der Waals surface area contributed by atoms with Crippen molar-refractivity contribution < 1.29 is 0 Å². The lowest BCUT2D eigenvalue weighted by Gasteiger charge is -2.12. The summed E-state index contributed by atoms with van der Waals surface area (Å²) in [5, 5.41) is 0. The summed E-state index contributed by atoms with van der Waals surface area (Å²) in [5.74, 6) is 0.472. The smallest absolute Gasteiger partial charge is 0.00766 e. The number of hydrogen-bond donors (Lipinski definition) is 0. The molecule has 0 amide bonds. The number of benzene rings is 3. The monoisotopic (exact) mass is 352 g/mol. The molecule has 27 heavy (non-hydrogen) atoms. The third-order valence-electron chi connectivity index (χ3n) is 4.79. The van der Waals surface area contributed by atoms with E-state index in [0.29, 0.717) is 5.92 Å². The van der Waals surface area contributed by atoms with Crippen LogP contribution in [-0.2, 0) is 19.3 Å². The predicted molar refractivity (Wildman–Crippen MR) is 116 cm³/mol. The molecule has 0 nitrogen and oxygen atoms in total. The van der Waals surface area contributed by atoms with Crippen LogP contribution in [0.2, 0.25) is 0 Å². The summed E-state index contributed by atoms with van der Waals surface area (Å²) in [4.78, 5) is 0. The number of hydrogen-bond acceptors (Lipinski definition) is 0. The highest BCUT2D eigenvalue weighted by Crippen LogP contribution is 2.16. The van der Waals surface area contributed by atoms with E-state index in [2.05, 4.69) is 109 Å². The SMILES string of the molecule is C(=CCCCc1ccccc1)=CC(Cc1ccccc1)Cc1ccccc1. The van der Waals surface area contributed by atoms with Crippen LogP contribution >= 0.6 is 0 Å². The Labute approximate surface area is 163 Å². The Kier molecular flexibility index (Phi) is 7.73. The summed E-state index contributed by atoms with van der Waals surface area (Å²) in [6.45, 7) is 0. The number of aryl methyl sites for hydroxylation is 1. The zero-order chi connectivity index (χ0) is 18.6. The van der Waals surface area contributed by atoms with Crippen molar-refractivity contribution in [1.82, 2.24) is 0 Å². The Bertz CT molecular complexity index is 783. The molecule has 0 saturated carbocycles. The number of rotatable bonds is 9. The van der Waals surface area contributed by atoms with Crippen LogP contribution in [0.5, 0.6) is 0 Å². The summed E-state index contributed by atoms with van der Waals surface area (Å²) in [6, 6.07) is 32.2. The van der Waals surface area contributed by atoms with E-state index in [1.165, 1.54) is 23.1 Å². The van der Waals surface area contributed by atoms with Crippen LogP contribution in [0.15, 0.2) is 109 Å². The average molecular weight is 353 g/mol. The maximum absolute atomic E-state index is 3.46. The molecule has 0 aliphatic rings. The van der Waals surface area contributed by atoms with E-state index in [4.69, 9.17) is 0 Å². The van der Waals surface area contributed by atoms with Gasteiger partial charge >= 0.3 is 0 Å². The first-order valence-electron chi connectivity index (χ1n) is 9.93. The van der Waals surface area contributed by atoms with Gasteiger partial charge in [-0.05, 0) is 66.9 Å². The summed E-state index contributed by atoms with van der Waals surface area (Å²) in [5.41, 5.74) is 7.66. The van der Waals surface area contributed by atoms with Crippen molar-refractivity contribution in [2.24, 2.45) is 5.92 Å². The van der Waals surface area contributed by atoms with Gasteiger partial charge in [0.1, 0.15) is 0 Å². The van der Waals surface area contributed by atoms with Gasteiger partial charge < -0.3 is 0 Å². The largest absolute Gasteiger partial charge is 0.129 e. The molecule has 0 saturated heterocycles. The standard InChI is InChI=1S/C27H28/c1(6-14-24-15-8-3-9-16-24)2-7-21-27(22-25-17-10-4-11-18-25)23-26-19-12-5-13-20-26/h2-5,8-13,15-21,27H,1,6,14,22-23H2. The van der Waals surface area contributed by atoms with E-state index >= 15 is 0 Å². The first-order chi connectivity index (χ1) is 13.4. The van der Waals surface area contributed by atoms with Gasteiger partial charge in [0.15, 0.2) is 0 Å². The molecular formula is C27H28. The molecule has 0 aliphatic carbocycles. The first kappa shape index (κ1) is 19.0.